The molecule has 0 radical (unpaired) electrons. The molecule has 0 aliphatic carbocycles. The summed E-state index contributed by atoms with van der Waals surface area (Å²) in [4.78, 5) is 6.31. The summed E-state index contributed by atoms with van der Waals surface area (Å²) in [6.45, 7) is 1.58. The van der Waals surface area contributed by atoms with Crippen LogP contribution in [0.3, 0.4) is 0 Å². The monoisotopic (exact) mass is 222 g/mol. The van der Waals surface area contributed by atoms with E-state index >= 15 is 0 Å². The first-order valence-electron chi connectivity index (χ1n) is 5.63. The van der Waals surface area contributed by atoms with Crippen LogP contribution >= 0.6 is 0 Å². The summed E-state index contributed by atoms with van der Waals surface area (Å²) in [7, 11) is 3.99. The molecule has 88 valence electrons. The average molecular weight is 222 g/mol. The number of nitrogens with zero attached hydrogens (tertiary/aromatic N) is 2. The average Bonchev–Trinajstić information content (AvgIpc) is 2.31. The SMILES string of the molecule is CN(C)c1ccc(OC2CCOCC2)nc1. The lowest BCUT2D eigenvalue weighted by Gasteiger charge is -2.22. The quantitative estimate of drug-likeness (QED) is 0.779. The van der Waals surface area contributed by atoms with E-state index in [1.807, 2.05) is 37.3 Å². The van der Waals surface area contributed by atoms with Crippen molar-refractivity contribution in [3.05, 3.63) is 18.3 Å². The Kier molecular flexibility index (Phi) is 3.62. The van der Waals surface area contributed by atoms with Gasteiger partial charge in [-0.1, -0.05) is 0 Å². The van der Waals surface area contributed by atoms with Crippen LogP contribution in [0.5, 0.6) is 5.88 Å². The molecule has 2 rings (SSSR count). The molecule has 16 heavy (non-hydrogen) atoms. The molecule has 1 aliphatic heterocycles. The van der Waals surface area contributed by atoms with E-state index in [0.717, 1.165) is 31.7 Å². The minimum absolute atomic E-state index is 0.256. The summed E-state index contributed by atoms with van der Waals surface area (Å²) in [6.07, 6.45) is 3.99. The van der Waals surface area contributed by atoms with E-state index in [0.29, 0.717) is 5.88 Å². The third-order valence-corrected chi connectivity index (χ3v) is 2.69. The molecule has 0 amide bonds. The lowest BCUT2D eigenvalue weighted by atomic mass is 10.1. The lowest BCUT2D eigenvalue weighted by molar-refractivity contribution is 0.0237. The second kappa shape index (κ2) is 5.16. The second-order valence-corrected chi connectivity index (χ2v) is 4.18. The van der Waals surface area contributed by atoms with Crippen LogP contribution in [0.1, 0.15) is 12.8 Å². The number of ether oxygens (including phenoxy) is 2. The number of anilines is 1. The number of pyridine rings is 1. The third-order valence-electron chi connectivity index (χ3n) is 2.69. The normalized spacial score (nSPS) is 17.1. The van der Waals surface area contributed by atoms with Crippen molar-refractivity contribution in [1.82, 2.24) is 4.98 Å². The van der Waals surface area contributed by atoms with Crippen molar-refractivity contribution in [2.45, 2.75) is 18.9 Å². The largest absolute Gasteiger partial charge is 0.474 e. The van der Waals surface area contributed by atoms with Crippen molar-refractivity contribution < 1.29 is 9.47 Å². The Balaban J connectivity index is 1.93. The fraction of sp³-hybridized carbons (Fsp3) is 0.583. The highest BCUT2D eigenvalue weighted by Crippen LogP contribution is 2.18. The van der Waals surface area contributed by atoms with Gasteiger partial charge in [-0.15, -0.1) is 0 Å². The van der Waals surface area contributed by atoms with E-state index in [1.165, 1.54) is 0 Å². The summed E-state index contributed by atoms with van der Waals surface area (Å²) < 4.78 is 11.1. The molecule has 0 atom stereocenters. The number of aromatic nitrogens is 1. The second-order valence-electron chi connectivity index (χ2n) is 4.18. The van der Waals surface area contributed by atoms with Gasteiger partial charge in [0.1, 0.15) is 6.10 Å². The summed E-state index contributed by atoms with van der Waals surface area (Å²) >= 11 is 0. The van der Waals surface area contributed by atoms with Gasteiger partial charge in [0.15, 0.2) is 0 Å². The van der Waals surface area contributed by atoms with Crippen LogP contribution in [-0.2, 0) is 4.74 Å². The van der Waals surface area contributed by atoms with Gasteiger partial charge in [-0.3, -0.25) is 0 Å². The standard InChI is InChI=1S/C12H18N2O2/c1-14(2)10-3-4-12(13-9-10)16-11-5-7-15-8-6-11/h3-4,9,11H,5-8H2,1-2H3. The predicted octanol–water partition coefficient (Wildman–Crippen LogP) is 1.71. The molecule has 1 fully saturated rings. The molecule has 2 heterocycles. The molecule has 0 N–H and O–H groups in total. The Morgan fingerprint density at radius 1 is 1.31 bits per heavy atom. The van der Waals surface area contributed by atoms with Gasteiger partial charge in [-0.05, 0) is 6.07 Å². The summed E-state index contributed by atoms with van der Waals surface area (Å²) in [6, 6.07) is 3.94. The Labute approximate surface area is 96.2 Å². The zero-order chi connectivity index (χ0) is 11.4. The Morgan fingerprint density at radius 3 is 2.62 bits per heavy atom. The minimum atomic E-state index is 0.256. The van der Waals surface area contributed by atoms with Crippen molar-refractivity contribution in [1.29, 1.82) is 0 Å². The van der Waals surface area contributed by atoms with Gasteiger partial charge >= 0.3 is 0 Å². The highest BCUT2D eigenvalue weighted by Gasteiger charge is 2.15. The maximum atomic E-state index is 5.78. The topological polar surface area (TPSA) is 34.6 Å². The molecule has 0 bridgehead atoms. The van der Waals surface area contributed by atoms with E-state index in [9.17, 15) is 0 Å². The molecule has 1 saturated heterocycles. The van der Waals surface area contributed by atoms with Crippen LogP contribution in [0.15, 0.2) is 18.3 Å². The maximum Gasteiger partial charge on any atom is 0.213 e. The molecule has 0 unspecified atom stereocenters. The van der Waals surface area contributed by atoms with Crippen LogP contribution in [0.2, 0.25) is 0 Å². The molecule has 0 saturated carbocycles. The maximum absolute atomic E-state index is 5.78. The van der Waals surface area contributed by atoms with Gasteiger partial charge in [0.25, 0.3) is 0 Å². The van der Waals surface area contributed by atoms with Crippen molar-refractivity contribution in [2.75, 3.05) is 32.2 Å². The van der Waals surface area contributed by atoms with E-state index in [1.54, 1.807) is 0 Å². The van der Waals surface area contributed by atoms with Gasteiger partial charge < -0.3 is 14.4 Å². The first-order valence-corrected chi connectivity index (χ1v) is 5.63. The van der Waals surface area contributed by atoms with Gasteiger partial charge in [0, 0.05) is 33.0 Å². The minimum Gasteiger partial charge on any atom is -0.474 e. The fourth-order valence-electron chi connectivity index (χ4n) is 1.67. The highest BCUT2D eigenvalue weighted by molar-refractivity contribution is 5.43. The van der Waals surface area contributed by atoms with E-state index in [2.05, 4.69) is 4.98 Å². The van der Waals surface area contributed by atoms with Crippen LogP contribution in [0.4, 0.5) is 5.69 Å². The zero-order valence-electron chi connectivity index (χ0n) is 9.85. The smallest absolute Gasteiger partial charge is 0.213 e. The number of hydrogen-bond donors (Lipinski definition) is 0. The highest BCUT2D eigenvalue weighted by atomic mass is 16.5. The molecular formula is C12H18N2O2. The first kappa shape index (κ1) is 11.2. The van der Waals surface area contributed by atoms with Gasteiger partial charge in [0.05, 0.1) is 25.1 Å². The van der Waals surface area contributed by atoms with Crippen LogP contribution in [0, 0.1) is 0 Å². The predicted molar refractivity (Wildman–Crippen MR) is 63.0 cm³/mol. The number of hydrogen-bond acceptors (Lipinski definition) is 4. The Hall–Kier alpha value is -1.29. The molecule has 0 spiro atoms. The van der Waals surface area contributed by atoms with Crippen LogP contribution in [-0.4, -0.2) is 38.4 Å². The zero-order valence-corrected chi connectivity index (χ0v) is 9.85. The van der Waals surface area contributed by atoms with E-state index in [4.69, 9.17) is 9.47 Å². The molecular weight excluding hydrogens is 204 g/mol. The molecule has 1 aliphatic rings. The van der Waals surface area contributed by atoms with E-state index in [-0.39, 0.29) is 6.10 Å². The van der Waals surface area contributed by atoms with Crippen molar-refractivity contribution in [2.24, 2.45) is 0 Å². The molecule has 4 nitrogen and oxygen atoms in total. The Bertz CT molecular complexity index is 318. The molecule has 1 aromatic rings. The fourth-order valence-corrected chi connectivity index (χ4v) is 1.67. The van der Waals surface area contributed by atoms with Gasteiger partial charge in [-0.2, -0.15) is 0 Å². The summed E-state index contributed by atoms with van der Waals surface area (Å²) in [5.41, 5.74) is 1.08. The van der Waals surface area contributed by atoms with Gasteiger partial charge in [-0.25, -0.2) is 4.98 Å². The van der Waals surface area contributed by atoms with Crippen molar-refractivity contribution in [3.63, 3.8) is 0 Å². The first-order chi connectivity index (χ1) is 7.75. The van der Waals surface area contributed by atoms with Crippen LogP contribution < -0.4 is 9.64 Å². The Morgan fingerprint density at radius 2 is 2.06 bits per heavy atom. The van der Waals surface area contributed by atoms with Crippen molar-refractivity contribution >= 4 is 5.69 Å². The lowest BCUT2D eigenvalue weighted by Crippen LogP contribution is -2.26. The van der Waals surface area contributed by atoms with Crippen molar-refractivity contribution in [3.8, 4) is 5.88 Å². The summed E-state index contributed by atoms with van der Waals surface area (Å²) in [5, 5.41) is 0. The molecule has 1 aromatic heterocycles. The molecule has 0 aromatic carbocycles. The third kappa shape index (κ3) is 2.85. The molecule has 4 heteroatoms. The van der Waals surface area contributed by atoms with Gasteiger partial charge in [0.2, 0.25) is 5.88 Å². The number of rotatable bonds is 3. The van der Waals surface area contributed by atoms with E-state index < -0.39 is 0 Å². The van der Waals surface area contributed by atoms with Crippen LogP contribution in [0.25, 0.3) is 0 Å². The summed E-state index contributed by atoms with van der Waals surface area (Å²) in [5.74, 6) is 0.706.